The molecule has 12 fully saturated rings. The van der Waals surface area contributed by atoms with E-state index < -0.39 is 90.7 Å². The number of amides is 2. The first-order valence-electron chi connectivity index (χ1n) is 52.0. The molecule has 10 saturated heterocycles. The highest BCUT2D eigenvalue weighted by Gasteiger charge is 2.62. The molecule has 5 atom stereocenters. The lowest BCUT2D eigenvalue weighted by Crippen LogP contribution is -2.60. The quantitative estimate of drug-likeness (QED) is 0.0230. The number of unbranched alkanes of at least 4 members (excludes halogenated alkanes) is 1. The third kappa shape index (κ3) is 26.2. The SMILES string of the molecule is CC(=O)c1ccc(S(=O)(=O)N2C(CC3=CCC=N3)C(=O)NC23CCN(CC2CC2)CC3)cc1.CC(=O)c1ccc(S(=O)(=O)N2C(CC3=CCC=N3)C(=O)NC23CCNCC3)cc1.CC(=O)c1ccc(S(=O)(=O)N2C(CCCCN(C)C)COC23CCN(C)CC3)cc1.CC(=O)c1ccc(S(=O)(=O)N2CC(CN(C)C)OC23CCN(CC2CC2)CC3)cc1.CC(=O)c1ccc(S(=O)(=O)N2CC(CN(C)C)OC23CCNCC3)cc1. The fourth-order valence-electron chi connectivity index (χ4n) is 22.3. The van der Waals surface area contributed by atoms with Gasteiger partial charge in [0.15, 0.2) is 28.9 Å². The second-order valence-corrected chi connectivity index (χ2v) is 51.9. The standard InChI is InChI=1S/C24H30N4O4S.C22H33N3O4S.C22H35N3O4S.C20H24N4O4S.C18H27N3O4S/c1-17(29)19-6-8-21(9-7-19)33(31,32)28-22(15-20-3-2-12-25-20)23(30)26-24(28)10-13-27(14-11-24)16-18-4-5-18;1-17(26)19-6-8-21(9-7-19)30(27,28)25-16-20(15-23(2)3)29-22(25)10-12-24(13-11-22)14-18-4-5-18;1-18(26)19-8-10-21(11-9-19)30(27,28)25-20(7-5-6-14-23(2)3)17-29-22(25)12-15-24(4)16-13-22;1-14(25)15-4-6-17(7-5-15)29(27,28)24-18(13-16-3-2-10-22-16)19(26)23-20(24)8-11-21-12-9-20;1-14(22)15-4-6-17(7-5-15)26(23,24)21-13-16(12-20(2)3)25-18(21)8-10-19-11-9-18/h3,6-9,12,18,22H,2,4-5,10-11,13-16H2,1H3,(H,26,30);6-9,18,20H,4-5,10-16H2,1-3H3;8-11,20H,5-7,12-17H2,1-4H3;3-7,10,18,21H,2,8-9,11-13H2,1H3,(H,23,26);4-7,16,19H,8-13H2,1-3H3. The van der Waals surface area contributed by atoms with Gasteiger partial charge in [0.05, 0.1) is 49.3 Å². The maximum Gasteiger partial charge on any atom is 0.245 e. The second kappa shape index (κ2) is 47.5. The summed E-state index contributed by atoms with van der Waals surface area (Å²) in [4.78, 5) is 107. The van der Waals surface area contributed by atoms with Crippen molar-refractivity contribution in [2.45, 2.75) is 253 Å². The average molecular weight is 2140 g/mol. The number of allylic oxidation sites excluding steroid dienone is 2. The second-order valence-electron chi connectivity index (χ2n) is 42.7. The first-order valence-corrected chi connectivity index (χ1v) is 59.2. The number of nitrogens with zero attached hydrogens (tertiary/aromatic N) is 13. The Balaban J connectivity index is 0.000000139. The third-order valence-corrected chi connectivity index (χ3v) is 40.5. The van der Waals surface area contributed by atoms with Gasteiger partial charge in [0, 0.05) is 194 Å². The van der Waals surface area contributed by atoms with E-state index in [4.69, 9.17) is 14.2 Å². The number of ether oxygens (including phenoxy) is 3. The van der Waals surface area contributed by atoms with Gasteiger partial charge in [-0.15, -0.1) is 0 Å². The van der Waals surface area contributed by atoms with E-state index in [1.165, 1.54) is 134 Å². The number of aliphatic imine (C=N–C) groups is 2. The molecule has 2 aliphatic carbocycles. The summed E-state index contributed by atoms with van der Waals surface area (Å²) in [6.07, 6.45) is 22.9. The van der Waals surface area contributed by atoms with Crippen molar-refractivity contribution in [3.8, 4) is 0 Å². The fourth-order valence-corrected chi connectivity index (χ4v) is 31.6. The summed E-state index contributed by atoms with van der Waals surface area (Å²) in [6, 6.07) is 28.8. The normalized spacial score (nSPS) is 24.2. The number of benzene rings is 5. The molecule has 148 heavy (non-hydrogen) atoms. The summed E-state index contributed by atoms with van der Waals surface area (Å²) < 4.78 is 163. The van der Waals surface area contributed by atoms with Crippen LogP contribution in [0.5, 0.6) is 0 Å². The molecule has 37 nitrogen and oxygen atoms in total. The number of sulfonamides is 5. The van der Waals surface area contributed by atoms with Gasteiger partial charge in [-0.3, -0.25) is 43.5 Å². The van der Waals surface area contributed by atoms with Gasteiger partial charge in [0.25, 0.3) is 0 Å². The van der Waals surface area contributed by atoms with E-state index in [-0.39, 0.29) is 96.3 Å². The zero-order valence-electron chi connectivity index (χ0n) is 87.5. The summed E-state index contributed by atoms with van der Waals surface area (Å²) in [6.45, 7) is 20.5. The zero-order chi connectivity index (χ0) is 106. The monoisotopic (exact) mass is 2140 g/mol. The van der Waals surface area contributed by atoms with Gasteiger partial charge >= 0.3 is 0 Å². The lowest BCUT2D eigenvalue weighted by molar-refractivity contribution is -0.122. The van der Waals surface area contributed by atoms with E-state index >= 15 is 0 Å². The molecule has 2 amide bonds. The Morgan fingerprint density at radius 1 is 0.399 bits per heavy atom. The minimum atomic E-state index is -4.00. The lowest BCUT2D eigenvalue weighted by atomic mass is 9.97. The van der Waals surface area contributed by atoms with Crippen molar-refractivity contribution < 1.29 is 89.9 Å². The van der Waals surface area contributed by atoms with Crippen molar-refractivity contribution in [3.63, 3.8) is 0 Å². The Hall–Kier alpha value is -8.68. The molecular formula is C106H149N17O20S5. The van der Waals surface area contributed by atoms with Crippen molar-refractivity contribution in [1.29, 1.82) is 0 Å². The molecule has 5 unspecified atom stereocenters. The molecule has 5 spiro atoms. The van der Waals surface area contributed by atoms with E-state index in [0.717, 1.165) is 114 Å². The van der Waals surface area contributed by atoms with Crippen LogP contribution < -0.4 is 21.3 Å². The van der Waals surface area contributed by atoms with Crippen LogP contribution in [0.25, 0.3) is 0 Å². The molecule has 42 heteroatoms. The molecule has 12 heterocycles. The number of piperidine rings is 5. The number of likely N-dealkylation sites (N-methyl/N-ethyl adjacent to an activating group) is 2. The van der Waals surface area contributed by atoms with E-state index in [1.54, 1.807) is 81.7 Å². The molecule has 14 aliphatic rings. The van der Waals surface area contributed by atoms with Gasteiger partial charge in [0.1, 0.15) is 40.6 Å². The van der Waals surface area contributed by atoms with Crippen LogP contribution in [0.1, 0.15) is 221 Å². The van der Waals surface area contributed by atoms with Crippen molar-refractivity contribution in [3.05, 3.63) is 173 Å². The molecule has 808 valence electrons. The summed E-state index contributed by atoms with van der Waals surface area (Å²) >= 11 is 0. The molecule has 5 aromatic carbocycles. The molecule has 4 N–H and O–H groups in total. The number of hydrogen-bond donors (Lipinski definition) is 4. The first-order chi connectivity index (χ1) is 70.2. The van der Waals surface area contributed by atoms with Gasteiger partial charge in [0.2, 0.25) is 61.9 Å². The largest absolute Gasteiger partial charge is 0.358 e. The molecule has 5 aromatic rings. The molecule has 19 rings (SSSR count). The van der Waals surface area contributed by atoms with Gasteiger partial charge < -0.3 is 64.9 Å². The molecule has 0 aromatic heterocycles. The fraction of sp³-hybridized carbons (Fsp3) is 0.594. The van der Waals surface area contributed by atoms with Crippen LogP contribution in [-0.4, -0.2) is 372 Å². The Kier molecular flexibility index (Phi) is 36.4. The highest BCUT2D eigenvalue weighted by atomic mass is 32.2. The van der Waals surface area contributed by atoms with E-state index in [0.29, 0.717) is 151 Å². The highest BCUT2D eigenvalue weighted by Crippen LogP contribution is 2.48. The topological polar surface area (TPSA) is 426 Å². The minimum Gasteiger partial charge on any atom is -0.358 e. The Morgan fingerprint density at radius 2 is 0.723 bits per heavy atom. The molecule has 2 saturated carbocycles. The van der Waals surface area contributed by atoms with Gasteiger partial charge in [-0.2, -0.15) is 21.5 Å². The van der Waals surface area contributed by atoms with Crippen LogP contribution in [0.3, 0.4) is 0 Å². The van der Waals surface area contributed by atoms with Crippen molar-refractivity contribution >= 4 is 103 Å². The lowest BCUT2D eigenvalue weighted by Gasteiger charge is -2.44. The van der Waals surface area contributed by atoms with E-state index in [1.807, 2.05) is 64.2 Å². The van der Waals surface area contributed by atoms with Crippen molar-refractivity contribution in [2.75, 3.05) is 167 Å². The maximum atomic E-state index is 14.0. The molecule has 0 bridgehead atoms. The van der Waals surface area contributed by atoms with Crippen LogP contribution in [-0.2, 0) is 73.9 Å². The van der Waals surface area contributed by atoms with Crippen LogP contribution in [0.15, 0.2) is 179 Å². The number of carbonyl (C=O) groups excluding carboxylic acids is 7. The third-order valence-electron chi connectivity index (χ3n) is 30.7. The Labute approximate surface area is 874 Å². The van der Waals surface area contributed by atoms with Gasteiger partial charge in [-0.1, -0.05) is 79.2 Å². The summed E-state index contributed by atoms with van der Waals surface area (Å²) in [5.41, 5.74) is -0.331. The van der Waals surface area contributed by atoms with E-state index in [2.05, 4.69) is 57.9 Å². The smallest absolute Gasteiger partial charge is 0.245 e. The van der Waals surface area contributed by atoms with Crippen LogP contribution in [0.4, 0.5) is 0 Å². The molecule has 12 aliphatic heterocycles. The molecular weight excluding hydrogens is 1990 g/mol. The maximum absolute atomic E-state index is 14.0. The number of rotatable bonds is 32. The number of carbonyl (C=O) groups is 7. The zero-order valence-corrected chi connectivity index (χ0v) is 91.6. The Bertz CT molecular complexity index is 6330. The van der Waals surface area contributed by atoms with Crippen molar-refractivity contribution in [2.24, 2.45) is 21.8 Å². The predicted octanol–water partition coefficient (Wildman–Crippen LogP) is 8.93. The Morgan fingerprint density at radius 3 is 1.05 bits per heavy atom. The van der Waals surface area contributed by atoms with Crippen LogP contribution in [0.2, 0.25) is 0 Å². The predicted molar refractivity (Wildman–Crippen MR) is 563 cm³/mol. The van der Waals surface area contributed by atoms with Gasteiger partial charge in [-0.25, -0.2) is 42.1 Å². The first kappa shape index (κ1) is 113. The van der Waals surface area contributed by atoms with Crippen LogP contribution in [0, 0.1) is 11.8 Å². The summed E-state index contributed by atoms with van der Waals surface area (Å²) in [5.74, 6) is 0.534. The highest BCUT2D eigenvalue weighted by molar-refractivity contribution is 7.90. The number of nitrogens with one attached hydrogen (secondary N) is 4. The summed E-state index contributed by atoms with van der Waals surface area (Å²) in [7, 11) is -5.14. The summed E-state index contributed by atoms with van der Waals surface area (Å²) in [5, 5.41) is 12.6. The van der Waals surface area contributed by atoms with Crippen LogP contribution >= 0.6 is 0 Å². The number of likely N-dealkylation sites (tertiary alicyclic amines) is 3. The average Bonchev–Trinajstić information content (AvgIpc) is 1.57. The van der Waals surface area contributed by atoms with Crippen molar-refractivity contribution in [1.82, 2.24) is 72.2 Å². The molecule has 0 radical (unpaired) electrons. The van der Waals surface area contributed by atoms with E-state index in [9.17, 15) is 75.7 Å². The number of hydrogen-bond acceptors (Lipinski definition) is 30. The number of ketones is 5. The minimum absolute atomic E-state index is 0.0748. The van der Waals surface area contributed by atoms with Gasteiger partial charge in [-0.05, 0) is 253 Å². The number of Topliss-reactive ketones (excluding diaryl/α,β-unsaturated/α-hetero) is 5.